The number of hydrogen-bond donors (Lipinski definition) is 3. The first-order valence-corrected chi connectivity index (χ1v) is 12.6. The summed E-state index contributed by atoms with van der Waals surface area (Å²) < 4.78 is 1.77. The number of nitrogens with one attached hydrogen (secondary N) is 3. The van der Waals surface area contributed by atoms with Crippen LogP contribution in [-0.4, -0.2) is 39.0 Å². The van der Waals surface area contributed by atoms with Gasteiger partial charge < -0.3 is 16.0 Å². The Bertz CT molecular complexity index is 1540. The highest BCUT2D eigenvalue weighted by molar-refractivity contribution is 7.10. The van der Waals surface area contributed by atoms with E-state index < -0.39 is 17.4 Å². The van der Waals surface area contributed by atoms with Crippen molar-refractivity contribution in [2.24, 2.45) is 7.05 Å². The summed E-state index contributed by atoms with van der Waals surface area (Å²) in [6, 6.07) is 13.1. The fourth-order valence-corrected chi connectivity index (χ4v) is 4.61. The van der Waals surface area contributed by atoms with Gasteiger partial charge in [0.15, 0.2) is 5.01 Å². The number of aryl methyl sites for hydroxylation is 1. The number of amides is 3. The van der Waals surface area contributed by atoms with Crippen molar-refractivity contribution in [1.29, 1.82) is 0 Å². The van der Waals surface area contributed by atoms with Crippen LogP contribution >= 0.6 is 11.3 Å². The van der Waals surface area contributed by atoms with Gasteiger partial charge in [-0.15, -0.1) is 11.3 Å². The van der Waals surface area contributed by atoms with Crippen LogP contribution in [0.15, 0.2) is 60.2 Å². The molecule has 0 unspecified atom stereocenters. The van der Waals surface area contributed by atoms with Crippen LogP contribution in [0.3, 0.4) is 0 Å². The molecule has 1 fully saturated rings. The second-order valence-corrected chi connectivity index (χ2v) is 9.67. The normalized spacial score (nSPS) is 13.3. The van der Waals surface area contributed by atoms with Crippen LogP contribution in [0.5, 0.6) is 0 Å². The van der Waals surface area contributed by atoms with Crippen molar-refractivity contribution in [2.45, 2.75) is 24.9 Å². The topological polar surface area (TPSA) is 118 Å². The Kier molecular flexibility index (Phi) is 6.70. The lowest BCUT2D eigenvalue weighted by Gasteiger charge is -2.19. The van der Waals surface area contributed by atoms with Crippen LogP contribution < -0.4 is 16.0 Å². The molecule has 9 nitrogen and oxygen atoms in total. The van der Waals surface area contributed by atoms with Gasteiger partial charge in [-0.3, -0.25) is 19.1 Å². The molecular weight excluding hydrogens is 488 g/mol. The van der Waals surface area contributed by atoms with Gasteiger partial charge in [0.25, 0.3) is 5.91 Å². The molecule has 0 spiro atoms. The Labute approximate surface area is 217 Å². The third kappa shape index (κ3) is 5.52. The molecule has 0 saturated heterocycles. The number of aromatic nitrogens is 3. The SMILES string of the molecule is Cn1cc2cc(C3(NC(=O)c4ccccc4CNC(=O)C(=O)NCC#Cc4nccs4)CC3)ccc2n1. The Morgan fingerprint density at radius 2 is 1.92 bits per heavy atom. The van der Waals surface area contributed by atoms with Crippen molar-refractivity contribution in [3.63, 3.8) is 0 Å². The van der Waals surface area contributed by atoms with Gasteiger partial charge in [0.05, 0.1) is 17.6 Å². The van der Waals surface area contributed by atoms with Gasteiger partial charge in [-0.05, 0) is 48.1 Å². The summed E-state index contributed by atoms with van der Waals surface area (Å²) in [6.07, 6.45) is 5.28. The van der Waals surface area contributed by atoms with E-state index in [1.165, 1.54) is 11.3 Å². The van der Waals surface area contributed by atoms with Gasteiger partial charge in [-0.25, -0.2) is 4.98 Å². The van der Waals surface area contributed by atoms with Gasteiger partial charge >= 0.3 is 11.8 Å². The summed E-state index contributed by atoms with van der Waals surface area (Å²) in [7, 11) is 1.88. The van der Waals surface area contributed by atoms with Gasteiger partial charge in [-0.1, -0.05) is 30.2 Å². The highest BCUT2D eigenvalue weighted by Gasteiger charge is 2.46. The molecule has 0 bridgehead atoms. The average molecular weight is 513 g/mol. The third-order valence-electron chi connectivity index (χ3n) is 6.15. The molecule has 186 valence electrons. The largest absolute Gasteiger partial charge is 0.344 e. The summed E-state index contributed by atoms with van der Waals surface area (Å²) in [4.78, 5) is 41.7. The van der Waals surface area contributed by atoms with Gasteiger partial charge in [0.1, 0.15) is 0 Å². The van der Waals surface area contributed by atoms with E-state index in [0.717, 1.165) is 29.3 Å². The van der Waals surface area contributed by atoms with Crippen molar-refractivity contribution >= 4 is 40.0 Å². The van der Waals surface area contributed by atoms with Crippen molar-refractivity contribution in [2.75, 3.05) is 6.54 Å². The van der Waals surface area contributed by atoms with E-state index in [-0.39, 0.29) is 19.0 Å². The van der Waals surface area contributed by atoms with Crippen LogP contribution in [0.2, 0.25) is 0 Å². The zero-order valence-corrected chi connectivity index (χ0v) is 20.9. The van der Waals surface area contributed by atoms with Crippen molar-refractivity contribution in [3.8, 4) is 11.8 Å². The van der Waals surface area contributed by atoms with E-state index >= 15 is 0 Å². The molecule has 10 heteroatoms. The molecule has 37 heavy (non-hydrogen) atoms. The number of carbonyl (C=O) groups excluding carboxylic acids is 3. The molecule has 2 aromatic carbocycles. The smallest absolute Gasteiger partial charge is 0.310 e. The molecule has 4 aromatic rings. The molecular formula is C27H24N6O3S. The number of benzene rings is 2. The second-order valence-electron chi connectivity index (χ2n) is 8.77. The van der Waals surface area contributed by atoms with Crippen LogP contribution in [0.1, 0.15) is 39.3 Å². The van der Waals surface area contributed by atoms with Crippen molar-refractivity contribution in [1.82, 2.24) is 30.7 Å². The van der Waals surface area contributed by atoms with Crippen LogP contribution in [-0.2, 0) is 28.7 Å². The summed E-state index contributed by atoms with van der Waals surface area (Å²) >= 11 is 1.39. The second kappa shape index (κ2) is 10.2. The van der Waals surface area contributed by atoms with E-state index in [2.05, 4.69) is 43.9 Å². The molecule has 3 N–H and O–H groups in total. The molecule has 1 saturated carbocycles. The number of hydrogen-bond acceptors (Lipinski definition) is 6. The Balaban J connectivity index is 1.20. The Morgan fingerprint density at radius 1 is 1.11 bits per heavy atom. The standard InChI is InChI=1S/C27H24N6O3S/c1-33-17-19-15-20(8-9-22(19)32-33)27(10-11-27)31-24(34)21-6-3-2-5-18(21)16-30-26(36)25(35)29-12-4-7-23-28-13-14-37-23/h2-3,5-6,8-9,13-15,17H,10-12,16H2,1H3,(H,29,35)(H,30,36)(H,31,34). The van der Waals surface area contributed by atoms with Gasteiger partial charge in [-0.2, -0.15) is 5.10 Å². The van der Waals surface area contributed by atoms with E-state index in [1.807, 2.05) is 25.4 Å². The number of rotatable bonds is 6. The predicted molar refractivity (Wildman–Crippen MR) is 139 cm³/mol. The maximum Gasteiger partial charge on any atom is 0.310 e. The molecule has 0 atom stereocenters. The van der Waals surface area contributed by atoms with Crippen LogP contribution in [0, 0.1) is 11.8 Å². The molecule has 5 rings (SSSR count). The minimum atomic E-state index is -0.797. The summed E-state index contributed by atoms with van der Waals surface area (Å²) in [5.74, 6) is 3.74. The fraction of sp³-hybridized carbons (Fsp3) is 0.222. The summed E-state index contributed by atoms with van der Waals surface area (Å²) in [6.45, 7) is 0.0625. The number of nitrogens with zero attached hydrogens (tertiary/aromatic N) is 3. The molecule has 2 aromatic heterocycles. The molecule has 0 aliphatic heterocycles. The zero-order valence-electron chi connectivity index (χ0n) is 20.1. The first-order valence-electron chi connectivity index (χ1n) is 11.7. The van der Waals surface area contributed by atoms with Crippen molar-refractivity contribution in [3.05, 3.63) is 81.9 Å². The number of thiazole rings is 1. The Hall–Kier alpha value is -4.49. The van der Waals surface area contributed by atoms with E-state index in [0.29, 0.717) is 16.1 Å². The minimum Gasteiger partial charge on any atom is -0.344 e. The highest BCUT2D eigenvalue weighted by Crippen LogP contribution is 2.46. The zero-order chi connectivity index (χ0) is 25.8. The summed E-state index contributed by atoms with van der Waals surface area (Å²) in [5.41, 5.74) is 2.60. The fourth-order valence-electron chi connectivity index (χ4n) is 4.10. The maximum absolute atomic E-state index is 13.3. The predicted octanol–water partition coefficient (Wildman–Crippen LogP) is 2.23. The maximum atomic E-state index is 13.3. The Morgan fingerprint density at radius 3 is 2.70 bits per heavy atom. The van der Waals surface area contributed by atoms with Crippen LogP contribution in [0.4, 0.5) is 0 Å². The first-order chi connectivity index (χ1) is 17.9. The molecule has 1 aliphatic rings. The lowest BCUT2D eigenvalue weighted by Crippen LogP contribution is -2.40. The third-order valence-corrected chi connectivity index (χ3v) is 6.84. The number of carbonyl (C=O) groups is 3. The van der Waals surface area contributed by atoms with Crippen LogP contribution in [0.25, 0.3) is 10.9 Å². The lowest BCUT2D eigenvalue weighted by atomic mass is 10.0. The number of fused-ring (bicyclic) bond motifs is 1. The monoisotopic (exact) mass is 512 g/mol. The van der Waals surface area contributed by atoms with Crippen molar-refractivity contribution < 1.29 is 14.4 Å². The molecule has 3 amide bonds. The molecule has 1 aliphatic carbocycles. The lowest BCUT2D eigenvalue weighted by molar-refractivity contribution is -0.139. The first kappa shape index (κ1) is 24.2. The molecule has 0 radical (unpaired) electrons. The van der Waals surface area contributed by atoms with Gasteiger partial charge in [0, 0.05) is 42.3 Å². The minimum absolute atomic E-state index is 0.0255. The summed E-state index contributed by atoms with van der Waals surface area (Å²) in [5, 5.41) is 16.1. The van der Waals surface area contributed by atoms with E-state index in [1.54, 1.807) is 40.5 Å². The van der Waals surface area contributed by atoms with Gasteiger partial charge in [0.2, 0.25) is 0 Å². The van der Waals surface area contributed by atoms with E-state index in [4.69, 9.17) is 0 Å². The van der Waals surface area contributed by atoms with E-state index in [9.17, 15) is 14.4 Å². The quantitative estimate of drug-likeness (QED) is 0.271. The highest BCUT2D eigenvalue weighted by atomic mass is 32.1. The average Bonchev–Trinajstić information content (AvgIpc) is 3.30. The molecule has 2 heterocycles.